The van der Waals surface area contributed by atoms with Crippen LogP contribution in [0, 0.1) is 0 Å². The zero-order chi connectivity index (χ0) is 21.3. The van der Waals surface area contributed by atoms with Gasteiger partial charge in [0.05, 0.1) is 13.2 Å². The third-order valence-electron chi connectivity index (χ3n) is 4.85. The largest absolute Gasteiger partial charge is 0.469 e. The minimum atomic E-state index is -0.430. The molecule has 1 unspecified atom stereocenters. The van der Waals surface area contributed by atoms with Crippen LogP contribution < -0.4 is 0 Å². The molecule has 1 aromatic carbocycles. The molecule has 0 aromatic heterocycles. The molecule has 0 bridgehead atoms. The van der Waals surface area contributed by atoms with E-state index in [1.165, 1.54) is 39.2 Å². The first-order valence-corrected chi connectivity index (χ1v) is 10.8. The van der Waals surface area contributed by atoms with Crippen LogP contribution in [0.15, 0.2) is 42.5 Å². The van der Waals surface area contributed by atoms with E-state index < -0.39 is 6.10 Å². The summed E-state index contributed by atoms with van der Waals surface area (Å²) in [5.74, 6) is -0.281. The van der Waals surface area contributed by atoms with Crippen LogP contribution in [0.1, 0.15) is 87.1 Å². The van der Waals surface area contributed by atoms with E-state index >= 15 is 0 Å². The number of carbonyl (C=O) groups excluding carboxylic acids is 2. The quantitative estimate of drug-likeness (QED) is 0.172. The summed E-state index contributed by atoms with van der Waals surface area (Å²) in [5, 5.41) is 10.0. The lowest BCUT2D eigenvalue weighted by atomic mass is 9.99. The lowest BCUT2D eigenvalue weighted by Crippen LogP contribution is -2.05. The smallest absolute Gasteiger partial charge is 0.305 e. The van der Waals surface area contributed by atoms with Crippen molar-refractivity contribution in [2.24, 2.45) is 0 Å². The topological polar surface area (TPSA) is 63.6 Å². The fraction of sp³-hybridized carbons (Fsp3) is 0.520. The number of hydrogen-bond acceptors (Lipinski definition) is 4. The molecule has 29 heavy (non-hydrogen) atoms. The van der Waals surface area contributed by atoms with Gasteiger partial charge in [-0.15, -0.1) is 0 Å². The Hall–Kier alpha value is -2.20. The molecule has 0 aliphatic carbocycles. The summed E-state index contributed by atoms with van der Waals surface area (Å²) in [7, 11) is 1.35. The van der Waals surface area contributed by atoms with Crippen molar-refractivity contribution in [1.82, 2.24) is 0 Å². The highest BCUT2D eigenvalue weighted by atomic mass is 16.5. The number of hydrogen-bond donors (Lipinski definition) is 1. The van der Waals surface area contributed by atoms with Crippen LogP contribution in [0.5, 0.6) is 0 Å². The Morgan fingerprint density at radius 1 is 1.00 bits per heavy atom. The number of Topliss-reactive ketones (excluding diaryl/α,β-unsaturated/α-hetero) is 1. The Labute approximate surface area is 175 Å². The lowest BCUT2D eigenvalue weighted by Gasteiger charge is -2.05. The van der Waals surface area contributed by atoms with Crippen molar-refractivity contribution in [3.05, 3.63) is 53.6 Å². The predicted molar refractivity (Wildman–Crippen MR) is 119 cm³/mol. The molecule has 4 heteroatoms. The summed E-state index contributed by atoms with van der Waals surface area (Å²) in [4.78, 5) is 23.6. The van der Waals surface area contributed by atoms with Crippen molar-refractivity contribution in [3.63, 3.8) is 0 Å². The molecular weight excluding hydrogens is 364 g/mol. The molecule has 0 saturated heterocycles. The number of aliphatic hydroxyl groups is 1. The Balaban J connectivity index is 2.46. The van der Waals surface area contributed by atoms with Gasteiger partial charge in [-0.3, -0.25) is 9.59 Å². The van der Waals surface area contributed by atoms with Gasteiger partial charge in [0, 0.05) is 18.4 Å². The van der Waals surface area contributed by atoms with Gasteiger partial charge in [0.15, 0.2) is 5.78 Å². The van der Waals surface area contributed by atoms with Crippen LogP contribution in [0.25, 0.3) is 6.08 Å². The lowest BCUT2D eigenvalue weighted by molar-refractivity contribution is -0.140. The zero-order valence-electron chi connectivity index (χ0n) is 17.9. The fourth-order valence-corrected chi connectivity index (χ4v) is 3.11. The minimum absolute atomic E-state index is 0.0150. The zero-order valence-corrected chi connectivity index (χ0v) is 17.9. The fourth-order valence-electron chi connectivity index (χ4n) is 3.11. The summed E-state index contributed by atoms with van der Waals surface area (Å²) >= 11 is 0. The van der Waals surface area contributed by atoms with Crippen molar-refractivity contribution in [2.45, 2.75) is 77.2 Å². The summed E-state index contributed by atoms with van der Waals surface area (Å²) in [6, 6.07) is 7.43. The number of carbonyl (C=O) groups is 2. The van der Waals surface area contributed by atoms with Crippen molar-refractivity contribution in [1.29, 1.82) is 0 Å². The number of methoxy groups -OCH3 is 1. The highest BCUT2D eigenvalue weighted by Crippen LogP contribution is 2.15. The summed E-state index contributed by atoms with van der Waals surface area (Å²) in [6.07, 6.45) is 16.0. The Bertz CT molecular complexity index is 661. The third-order valence-corrected chi connectivity index (χ3v) is 4.85. The number of ether oxygens (including phenoxy) is 1. The molecule has 0 heterocycles. The van der Waals surface area contributed by atoms with Gasteiger partial charge in [-0.2, -0.15) is 0 Å². The Morgan fingerprint density at radius 2 is 1.72 bits per heavy atom. The van der Waals surface area contributed by atoms with Crippen molar-refractivity contribution >= 4 is 17.8 Å². The number of esters is 1. The van der Waals surface area contributed by atoms with Crippen LogP contribution >= 0.6 is 0 Å². The molecule has 4 nitrogen and oxygen atoms in total. The summed E-state index contributed by atoms with van der Waals surface area (Å²) in [6.45, 7) is 2.21. The second-order valence-corrected chi connectivity index (χ2v) is 7.31. The van der Waals surface area contributed by atoms with Gasteiger partial charge in [0.1, 0.15) is 0 Å². The molecule has 0 spiro atoms. The van der Waals surface area contributed by atoms with E-state index in [0.29, 0.717) is 18.4 Å². The summed E-state index contributed by atoms with van der Waals surface area (Å²) in [5.41, 5.74) is 1.49. The summed E-state index contributed by atoms with van der Waals surface area (Å²) < 4.78 is 4.60. The van der Waals surface area contributed by atoms with Gasteiger partial charge in [-0.1, -0.05) is 94.0 Å². The van der Waals surface area contributed by atoms with Crippen LogP contribution in [0.2, 0.25) is 0 Å². The van der Waals surface area contributed by atoms with Crippen molar-refractivity contribution in [2.75, 3.05) is 7.11 Å². The normalized spacial score (nSPS) is 12.5. The van der Waals surface area contributed by atoms with Gasteiger partial charge in [-0.25, -0.2) is 0 Å². The Morgan fingerprint density at radius 3 is 2.48 bits per heavy atom. The van der Waals surface area contributed by atoms with Gasteiger partial charge >= 0.3 is 5.97 Å². The second-order valence-electron chi connectivity index (χ2n) is 7.31. The van der Waals surface area contributed by atoms with E-state index in [4.69, 9.17) is 0 Å². The molecule has 0 saturated carbocycles. The first-order chi connectivity index (χ1) is 14.1. The van der Waals surface area contributed by atoms with Crippen LogP contribution in [0.4, 0.5) is 0 Å². The highest BCUT2D eigenvalue weighted by molar-refractivity contribution is 5.99. The molecular formula is C25H36O4. The molecule has 1 aromatic rings. The molecule has 0 aliphatic heterocycles. The van der Waals surface area contributed by atoms with Gasteiger partial charge < -0.3 is 9.84 Å². The number of unbranched alkanes of at least 4 members (excludes halogenated alkanes) is 5. The predicted octanol–water partition coefficient (Wildman–Crippen LogP) is 5.89. The molecule has 160 valence electrons. The average molecular weight is 401 g/mol. The van der Waals surface area contributed by atoms with Crippen molar-refractivity contribution in [3.8, 4) is 0 Å². The number of benzene rings is 1. The monoisotopic (exact) mass is 400 g/mol. The van der Waals surface area contributed by atoms with E-state index in [-0.39, 0.29) is 18.2 Å². The Kier molecular flexibility index (Phi) is 13.4. The van der Waals surface area contributed by atoms with E-state index in [2.05, 4.69) is 11.7 Å². The third kappa shape index (κ3) is 11.4. The maximum Gasteiger partial charge on any atom is 0.305 e. The number of aliphatic hydroxyl groups excluding tert-OH is 1. The maximum atomic E-state index is 12.4. The second kappa shape index (κ2) is 15.7. The van der Waals surface area contributed by atoms with E-state index in [0.717, 1.165) is 18.4 Å². The van der Waals surface area contributed by atoms with Crippen LogP contribution in [-0.2, 0) is 9.53 Å². The van der Waals surface area contributed by atoms with Crippen LogP contribution in [0.3, 0.4) is 0 Å². The standard InChI is InChI=1S/C25H36O4/c1-3-4-5-6-7-8-16-22(26)17-11-9-14-21-15-10-12-18-23(21)24(27)19-13-20-25(28)29-2/h9-12,14-15,17-18,22,26H,3-8,13,16,19-20H2,1-2H3. The van der Waals surface area contributed by atoms with E-state index in [9.17, 15) is 14.7 Å². The number of allylic oxidation sites excluding steroid dienone is 2. The molecule has 0 fully saturated rings. The first kappa shape index (κ1) is 24.8. The van der Waals surface area contributed by atoms with Gasteiger partial charge in [0.2, 0.25) is 0 Å². The maximum absolute atomic E-state index is 12.4. The molecule has 1 rings (SSSR count). The van der Waals surface area contributed by atoms with Gasteiger partial charge in [-0.05, 0) is 18.4 Å². The molecule has 1 atom stereocenters. The van der Waals surface area contributed by atoms with Crippen molar-refractivity contribution < 1.29 is 19.4 Å². The minimum Gasteiger partial charge on any atom is -0.469 e. The highest BCUT2D eigenvalue weighted by Gasteiger charge is 2.10. The van der Waals surface area contributed by atoms with Gasteiger partial charge in [0.25, 0.3) is 0 Å². The first-order valence-electron chi connectivity index (χ1n) is 10.8. The molecule has 1 N–H and O–H groups in total. The average Bonchev–Trinajstić information content (AvgIpc) is 2.73. The number of rotatable bonds is 15. The molecule has 0 amide bonds. The van der Waals surface area contributed by atoms with Crippen LogP contribution in [-0.4, -0.2) is 30.1 Å². The SMILES string of the molecule is CCCCCCCCC(O)C=CC=Cc1ccccc1C(=O)CCCC(=O)OC. The molecule has 0 aliphatic rings. The van der Waals surface area contributed by atoms with E-state index in [1.54, 1.807) is 12.1 Å². The molecule has 0 radical (unpaired) electrons. The van der Waals surface area contributed by atoms with E-state index in [1.807, 2.05) is 36.4 Å². The number of ketones is 1.